The number of ether oxygens (including phenoxy) is 1. The number of likely N-dealkylation sites (N-methyl/N-ethyl adjacent to an activating group) is 1. The van der Waals surface area contributed by atoms with E-state index in [2.05, 4.69) is 19.4 Å². The first-order valence-electron chi connectivity index (χ1n) is 8.05. The summed E-state index contributed by atoms with van der Waals surface area (Å²) in [7, 11) is 5.79. The van der Waals surface area contributed by atoms with E-state index in [1.165, 1.54) is 4.90 Å². The van der Waals surface area contributed by atoms with Crippen molar-refractivity contribution in [2.24, 2.45) is 0 Å². The van der Waals surface area contributed by atoms with Crippen LogP contribution in [0.1, 0.15) is 17.2 Å². The van der Waals surface area contributed by atoms with Gasteiger partial charge in [0.2, 0.25) is 5.91 Å². The van der Waals surface area contributed by atoms with Crippen LogP contribution >= 0.6 is 0 Å². The molecule has 0 aromatic heterocycles. The first-order chi connectivity index (χ1) is 11.6. The Morgan fingerprint density at radius 2 is 1.79 bits per heavy atom. The minimum absolute atomic E-state index is 0.00998. The summed E-state index contributed by atoms with van der Waals surface area (Å²) < 4.78 is 5.13. The van der Waals surface area contributed by atoms with Gasteiger partial charge in [-0.25, -0.2) is 0 Å². The van der Waals surface area contributed by atoms with E-state index in [9.17, 15) is 4.79 Å². The number of nitrogens with one attached hydrogen (secondary N) is 2. The van der Waals surface area contributed by atoms with Gasteiger partial charge in [-0.1, -0.05) is 42.5 Å². The summed E-state index contributed by atoms with van der Waals surface area (Å²) in [6.45, 7) is 0.826. The van der Waals surface area contributed by atoms with Gasteiger partial charge in [0.15, 0.2) is 0 Å². The van der Waals surface area contributed by atoms with Crippen molar-refractivity contribution >= 4 is 12.0 Å². The Kier molecular flexibility index (Phi) is 6.58. The standard InChI is InChI=1S/C20H24N2O2/c1-22(2)15-19(17-7-5-4-6-8-17)21-20(23)14-11-16-9-12-18(24-3)13-10-16/h4-14,19H,15H2,1-3H3,(H,21,23)/p+1/b14-11+/t19-/m0/s1. The Bertz CT molecular complexity index is 664. The molecule has 0 unspecified atom stereocenters. The van der Waals surface area contributed by atoms with E-state index in [0.717, 1.165) is 23.4 Å². The number of carbonyl (C=O) groups is 1. The van der Waals surface area contributed by atoms with Gasteiger partial charge in [-0.15, -0.1) is 0 Å². The molecule has 0 aliphatic carbocycles. The predicted octanol–water partition coefficient (Wildman–Crippen LogP) is 1.71. The molecule has 0 spiro atoms. The lowest BCUT2D eigenvalue weighted by Crippen LogP contribution is -3.06. The number of carbonyl (C=O) groups excluding carboxylic acids is 1. The van der Waals surface area contributed by atoms with Crippen LogP contribution in [0, 0.1) is 0 Å². The second-order valence-corrected chi connectivity index (χ2v) is 5.99. The van der Waals surface area contributed by atoms with Gasteiger partial charge < -0.3 is 15.0 Å². The van der Waals surface area contributed by atoms with Gasteiger partial charge >= 0.3 is 0 Å². The molecular weight excluding hydrogens is 300 g/mol. The van der Waals surface area contributed by atoms with Crippen LogP contribution in [0.25, 0.3) is 6.08 Å². The van der Waals surface area contributed by atoms with E-state index in [1.807, 2.05) is 54.6 Å². The summed E-state index contributed by atoms with van der Waals surface area (Å²) in [5, 5.41) is 3.09. The first-order valence-corrected chi connectivity index (χ1v) is 8.05. The fourth-order valence-corrected chi connectivity index (χ4v) is 2.45. The number of amides is 1. The fraction of sp³-hybridized carbons (Fsp3) is 0.250. The maximum absolute atomic E-state index is 12.3. The third kappa shape index (κ3) is 5.56. The van der Waals surface area contributed by atoms with Crippen LogP contribution in [0.4, 0.5) is 0 Å². The van der Waals surface area contributed by atoms with Gasteiger partial charge in [0.05, 0.1) is 21.2 Å². The molecule has 0 fully saturated rings. The Balaban J connectivity index is 2.02. The molecule has 2 rings (SSSR count). The minimum Gasteiger partial charge on any atom is -0.497 e. The Hall–Kier alpha value is -2.59. The van der Waals surface area contributed by atoms with Crippen molar-refractivity contribution in [3.8, 4) is 5.75 Å². The van der Waals surface area contributed by atoms with Crippen molar-refractivity contribution in [2.45, 2.75) is 6.04 Å². The van der Waals surface area contributed by atoms with E-state index >= 15 is 0 Å². The average Bonchev–Trinajstić information content (AvgIpc) is 2.60. The van der Waals surface area contributed by atoms with Gasteiger partial charge in [0, 0.05) is 6.08 Å². The second-order valence-electron chi connectivity index (χ2n) is 5.99. The Morgan fingerprint density at radius 3 is 2.38 bits per heavy atom. The highest BCUT2D eigenvalue weighted by atomic mass is 16.5. The number of quaternary nitrogens is 1. The van der Waals surface area contributed by atoms with Gasteiger partial charge in [-0.05, 0) is 29.3 Å². The molecule has 126 valence electrons. The number of rotatable bonds is 7. The molecule has 0 aliphatic rings. The van der Waals surface area contributed by atoms with E-state index in [-0.39, 0.29) is 11.9 Å². The lowest BCUT2D eigenvalue weighted by Gasteiger charge is -2.20. The van der Waals surface area contributed by atoms with Crippen LogP contribution in [0.5, 0.6) is 5.75 Å². The summed E-state index contributed by atoms with van der Waals surface area (Å²) in [5.41, 5.74) is 2.07. The SMILES string of the molecule is COc1ccc(/C=C/C(=O)N[C@@H](C[NH+](C)C)c2ccccc2)cc1. The summed E-state index contributed by atoms with van der Waals surface area (Å²) in [6.07, 6.45) is 3.38. The van der Waals surface area contributed by atoms with Crippen LogP contribution in [-0.4, -0.2) is 33.7 Å². The number of methoxy groups -OCH3 is 1. The van der Waals surface area contributed by atoms with Crippen LogP contribution < -0.4 is 15.0 Å². The molecule has 4 heteroatoms. The van der Waals surface area contributed by atoms with Crippen molar-refractivity contribution in [1.82, 2.24) is 5.32 Å². The summed E-state index contributed by atoms with van der Waals surface area (Å²) >= 11 is 0. The minimum atomic E-state index is -0.0964. The zero-order valence-corrected chi connectivity index (χ0v) is 14.5. The summed E-state index contributed by atoms with van der Waals surface area (Å²) in [4.78, 5) is 13.6. The molecular formula is C20H25N2O2+. The lowest BCUT2D eigenvalue weighted by molar-refractivity contribution is -0.860. The monoisotopic (exact) mass is 325 g/mol. The average molecular weight is 325 g/mol. The molecule has 2 aromatic rings. The molecule has 1 atom stereocenters. The van der Waals surface area contributed by atoms with Gasteiger partial charge in [-0.3, -0.25) is 4.79 Å². The quantitative estimate of drug-likeness (QED) is 0.761. The van der Waals surface area contributed by atoms with Gasteiger partial charge in [0.1, 0.15) is 18.3 Å². The van der Waals surface area contributed by atoms with Crippen LogP contribution in [0.15, 0.2) is 60.7 Å². The molecule has 0 aliphatic heterocycles. The van der Waals surface area contributed by atoms with Crippen molar-refractivity contribution in [1.29, 1.82) is 0 Å². The van der Waals surface area contributed by atoms with Gasteiger partial charge in [-0.2, -0.15) is 0 Å². The van der Waals surface area contributed by atoms with Crippen LogP contribution in [-0.2, 0) is 4.79 Å². The number of hydrogen-bond donors (Lipinski definition) is 2. The molecule has 24 heavy (non-hydrogen) atoms. The van der Waals surface area contributed by atoms with Crippen molar-refractivity contribution in [3.05, 3.63) is 71.8 Å². The normalized spacial score (nSPS) is 12.3. The maximum Gasteiger partial charge on any atom is 0.244 e. The van der Waals surface area contributed by atoms with E-state index < -0.39 is 0 Å². The molecule has 0 heterocycles. The predicted molar refractivity (Wildman–Crippen MR) is 97.0 cm³/mol. The molecule has 2 N–H and O–H groups in total. The van der Waals surface area contributed by atoms with E-state index in [4.69, 9.17) is 4.74 Å². The Morgan fingerprint density at radius 1 is 1.12 bits per heavy atom. The van der Waals surface area contributed by atoms with Crippen molar-refractivity contribution < 1.29 is 14.4 Å². The third-order valence-corrected chi connectivity index (χ3v) is 3.67. The number of hydrogen-bond acceptors (Lipinski definition) is 2. The van der Waals surface area contributed by atoms with E-state index in [1.54, 1.807) is 19.3 Å². The third-order valence-electron chi connectivity index (χ3n) is 3.67. The maximum atomic E-state index is 12.3. The zero-order chi connectivity index (χ0) is 17.4. The highest BCUT2D eigenvalue weighted by Gasteiger charge is 2.16. The molecule has 0 saturated heterocycles. The van der Waals surface area contributed by atoms with E-state index in [0.29, 0.717) is 0 Å². The van der Waals surface area contributed by atoms with Gasteiger partial charge in [0.25, 0.3) is 0 Å². The fourth-order valence-electron chi connectivity index (χ4n) is 2.45. The molecule has 2 aromatic carbocycles. The molecule has 1 amide bonds. The first kappa shape index (κ1) is 17.8. The smallest absolute Gasteiger partial charge is 0.244 e. The van der Waals surface area contributed by atoms with Crippen LogP contribution in [0.3, 0.4) is 0 Å². The van der Waals surface area contributed by atoms with Crippen LogP contribution in [0.2, 0.25) is 0 Å². The summed E-state index contributed by atoms with van der Waals surface area (Å²) in [6, 6.07) is 17.6. The Labute approximate surface area is 143 Å². The molecule has 0 radical (unpaired) electrons. The molecule has 0 saturated carbocycles. The lowest BCUT2D eigenvalue weighted by atomic mass is 10.1. The number of benzene rings is 2. The largest absolute Gasteiger partial charge is 0.497 e. The summed E-state index contributed by atoms with van der Waals surface area (Å²) in [5.74, 6) is 0.704. The van der Waals surface area contributed by atoms with Crippen molar-refractivity contribution in [3.63, 3.8) is 0 Å². The molecule has 4 nitrogen and oxygen atoms in total. The zero-order valence-electron chi connectivity index (χ0n) is 14.5. The second kappa shape index (κ2) is 8.89. The molecule has 0 bridgehead atoms. The topological polar surface area (TPSA) is 42.8 Å². The highest BCUT2D eigenvalue weighted by Crippen LogP contribution is 2.13. The van der Waals surface area contributed by atoms with Crippen molar-refractivity contribution in [2.75, 3.05) is 27.7 Å². The highest BCUT2D eigenvalue weighted by molar-refractivity contribution is 5.92.